The van der Waals surface area contributed by atoms with Crippen molar-refractivity contribution in [3.05, 3.63) is 96.1 Å². The fourth-order valence-electron chi connectivity index (χ4n) is 5.63. The first-order valence-electron chi connectivity index (χ1n) is 12.9. The maximum atomic E-state index is 12.1. The molecule has 5 rings (SSSR count). The van der Waals surface area contributed by atoms with Gasteiger partial charge in [0.2, 0.25) is 0 Å². The number of benzene rings is 3. The highest BCUT2D eigenvalue weighted by atomic mass is 32.1. The van der Waals surface area contributed by atoms with Crippen molar-refractivity contribution in [2.45, 2.75) is 37.7 Å². The van der Waals surface area contributed by atoms with Gasteiger partial charge in [0.1, 0.15) is 5.60 Å². The largest absolute Gasteiger partial charge is 0.380 e. The molecule has 0 aliphatic carbocycles. The second-order valence-corrected chi connectivity index (χ2v) is 10.2. The minimum atomic E-state index is -1.01. The summed E-state index contributed by atoms with van der Waals surface area (Å²) in [6.07, 6.45) is 5.65. The predicted octanol–water partition coefficient (Wildman–Crippen LogP) is 6.02. The van der Waals surface area contributed by atoms with Crippen molar-refractivity contribution >= 4 is 28.7 Å². The second-order valence-electron chi connectivity index (χ2n) is 9.78. The van der Waals surface area contributed by atoms with E-state index in [0.717, 1.165) is 60.9 Å². The highest BCUT2D eigenvalue weighted by molar-refractivity contribution is 7.80. The number of thiocarbonyl (C=S) groups is 1. The lowest BCUT2D eigenvalue weighted by atomic mass is 9.72. The molecule has 4 nitrogen and oxygen atoms in total. The van der Waals surface area contributed by atoms with E-state index in [-0.39, 0.29) is 5.92 Å². The van der Waals surface area contributed by atoms with Crippen LogP contribution < -0.4 is 10.2 Å². The molecule has 0 saturated carbocycles. The first kappa shape index (κ1) is 23.8. The third kappa shape index (κ3) is 5.21. The fraction of sp³-hybridized carbons (Fsp3) is 0.367. The third-order valence-electron chi connectivity index (χ3n) is 7.64. The van der Waals surface area contributed by atoms with Crippen LogP contribution in [0.1, 0.15) is 43.2 Å². The van der Waals surface area contributed by atoms with Crippen molar-refractivity contribution in [2.24, 2.45) is 5.92 Å². The molecule has 0 radical (unpaired) electrons. The normalized spacial score (nSPS) is 17.3. The number of rotatable bonds is 5. The van der Waals surface area contributed by atoms with Crippen molar-refractivity contribution in [1.29, 1.82) is 0 Å². The van der Waals surface area contributed by atoms with Gasteiger partial charge < -0.3 is 20.2 Å². The minimum Gasteiger partial charge on any atom is -0.380 e. The van der Waals surface area contributed by atoms with Crippen LogP contribution in [0.15, 0.2) is 84.9 Å². The SMILES string of the molecule is OC(c1ccccc1)(c1ccccc1)C1CCN(C(=S)Nc2ccc(N3CCCCC3)cc2)CC1. The summed E-state index contributed by atoms with van der Waals surface area (Å²) in [7, 11) is 0. The van der Waals surface area contributed by atoms with Crippen molar-refractivity contribution < 1.29 is 5.11 Å². The third-order valence-corrected chi connectivity index (χ3v) is 8.00. The summed E-state index contributed by atoms with van der Waals surface area (Å²) in [4.78, 5) is 4.71. The number of nitrogens with one attached hydrogen (secondary N) is 1. The van der Waals surface area contributed by atoms with E-state index in [2.05, 4.69) is 39.4 Å². The standard InChI is InChI=1S/C30H35N3OS/c34-30(24-10-4-1-5-11-24,25-12-6-2-7-13-25)26-18-22-33(23-19-26)29(35)31-27-14-16-28(17-15-27)32-20-8-3-9-21-32/h1-2,4-7,10-17,26,34H,3,8-9,18-23H2,(H,31,35). The molecular weight excluding hydrogens is 450 g/mol. The molecular formula is C30H35N3OS. The number of hydrogen-bond acceptors (Lipinski definition) is 3. The summed E-state index contributed by atoms with van der Waals surface area (Å²) < 4.78 is 0. The van der Waals surface area contributed by atoms with Crippen molar-refractivity contribution in [3.8, 4) is 0 Å². The number of hydrogen-bond donors (Lipinski definition) is 2. The van der Waals surface area contributed by atoms with Crippen LogP contribution in [-0.4, -0.2) is 41.3 Å². The number of likely N-dealkylation sites (tertiary alicyclic amines) is 1. The van der Waals surface area contributed by atoms with Crippen LogP contribution in [0.3, 0.4) is 0 Å². The lowest BCUT2D eigenvalue weighted by Crippen LogP contribution is -2.47. The molecule has 2 aliphatic heterocycles. The average molecular weight is 486 g/mol. The molecule has 182 valence electrons. The van der Waals surface area contributed by atoms with E-state index in [1.54, 1.807) is 0 Å². The van der Waals surface area contributed by atoms with Gasteiger partial charge in [0, 0.05) is 37.6 Å². The van der Waals surface area contributed by atoms with E-state index in [1.807, 2.05) is 60.7 Å². The zero-order chi connectivity index (χ0) is 24.1. The molecule has 2 saturated heterocycles. The van der Waals surface area contributed by atoms with Crippen LogP contribution in [0.4, 0.5) is 11.4 Å². The van der Waals surface area contributed by atoms with Crippen molar-refractivity contribution in [3.63, 3.8) is 0 Å². The summed E-state index contributed by atoms with van der Waals surface area (Å²) in [6, 6.07) is 28.9. The Balaban J connectivity index is 1.23. The Bertz CT molecular complexity index is 1050. The molecule has 35 heavy (non-hydrogen) atoms. The second kappa shape index (κ2) is 10.8. The van der Waals surface area contributed by atoms with E-state index >= 15 is 0 Å². The van der Waals surface area contributed by atoms with Gasteiger partial charge in [-0.05, 0) is 85.6 Å². The molecule has 2 aliphatic rings. The van der Waals surface area contributed by atoms with Gasteiger partial charge in [-0.15, -0.1) is 0 Å². The summed E-state index contributed by atoms with van der Waals surface area (Å²) in [5.41, 5.74) is 3.23. The summed E-state index contributed by atoms with van der Waals surface area (Å²) in [6.45, 7) is 3.95. The van der Waals surface area contributed by atoms with Crippen molar-refractivity contribution in [2.75, 3.05) is 36.4 Å². The van der Waals surface area contributed by atoms with E-state index in [0.29, 0.717) is 0 Å². The number of anilines is 2. The van der Waals surface area contributed by atoms with Crippen LogP contribution in [0.2, 0.25) is 0 Å². The molecule has 5 heteroatoms. The van der Waals surface area contributed by atoms with Crippen LogP contribution in [0.5, 0.6) is 0 Å². The molecule has 0 unspecified atom stereocenters. The van der Waals surface area contributed by atoms with Gasteiger partial charge in [0.05, 0.1) is 0 Å². The predicted molar refractivity (Wildman–Crippen MR) is 149 cm³/mol. The van der Waals surface area contributed by atoms with E-state index < -0.39 is 5.60 Å². The lowest BCUT2D eigenvalue weighted by molar-refractivity contribution is -0.00631. The molecule has 3 aromatic carbocycles. The zero-order valence-corrected chi connectivity index (χ0v) is 21.1. The Labute approximate surface area is 214 Å². The van der Waals surface area contributed by atoms with Gasteiger partial charge in [-0.2, -0.15) is 0 Å². The monoisotopic (exact) mass is 485 g/mol. The lowest BCUT2D eigenvalue weighted by Gasteiger charge is -2.43. The Hall–Kier alpha value is -2.89. The number of nitrogens with zero attached hydrogens (tertiary/aromatic N) is 2. The van der Waals surface area contributed by atoms with Gasteiger partial charge in [-0.1, -0.05) is 60.7 Å². The zero-order valence-electron chi connectivity index (χ0n) is 20.3. The summed E-state index contributed by atoms with van der Waals surface area (Å²) in [5, 5.41) is 16.3. The smallest absolute Gasteiger partial charge is 0.173 e. The van der Waals surface area contributed by atoms with Crippen LogP contribution in [-0.2, 0) is 5.60 Å². The maximum absolute atomic E-state index is 12.1. The van der Waals surface area contributed by atoms with Gasteiger partial charge in [0.25, 0.3) is 0 Å². The molecule has 2 fully saturated rings. The van der Waals surface area contributed by atoms with Crippen LogP contribution in [0, 0.1) is 5.92 Å². The van der Waals surface area contributed by atoms with Crippen LogP contribution in [0.25, 0.3) is 0 Å². The molecule has 2 heterocycles. The Kier molecular flexibility index (Phi) is 7.35. The quantitative estimate of drug-likeness (QED) is 0.432. The molecule has 0 aromatic heterocycles. The maximum Gasteiger partial charge on any atom is 0.173 e. The average Bonchev–Trinajstić information content (AvgIpc) is 2.94. The highest BCUT2D eigenvalue weighted by Gasteiger charge is 2.41. The van der Waals surface area contributed by atoms with Crippen molar-refractivity contribution in [1.82, 2.24) is 4.90 Å². The first-order valence-corrected chi connectivity index (χ1v) is 13.3. The van der Waals surface area contributed by atoms with E-state index in [4.69, 9.17) is 12.2 Å². The minimum absolute atomic E-state index is 0.121. The highest BCUT2D eigenvalue weighted by Crippen LogP contribution is 2.42. The first-order chi connectivity index (χ1) is 17.1. The number of piperidine rings is 2. The molecule has 0 bridgehead atoms. The topological polar surface area (TPSA) is 38.7 Å². The van der Waals surface area contributed by atoms with E-state index in [1.165, 1.54) is 24.9 Å². The Morgan fingerprint density at radius 3 is 1.83 bits per heavy atom. The Morgan fingerprint density at radius 1 is 0.743 bits per heavy atom. The number of aliphatic hydroxyl groups is 1. The summed E-state index contributed by atoms with van der Waals surface area (Å²) in [5.74, 6) is 0.121. The Morgan fingerprint density at radius 2 is 1.29 bits per heavy atom. The van der Waals surface area contributed by atoms with Gasteiger partial charge in [0.15, 0.2) is 5.11 Å². The molecule has 0 amide bonds. The fourth-order valence-corrected chi connectivity index (χ4v) is 5.93. The molecule has 0 spiro atoms. The summed E-state index contributed by atoms with van der Waals surface area (Å²) >= 11 is 5.77. The molecule has 2 N–H and O–H groups in total. The van der Waals surface area contributed by atoms with E-state index in [9.17, 15) is 5.11 Å². The molecule has 3 aromatic rings. The van der Waals surface area contributed by atoms with Gasteiger partial charge >= 0.3 is 0 Å². The molecule has 0 atom stereocenters. The van der Waals surface area contributed by atoms with Crippen LogP contribution >= 0.6 is 12.2 Å². The van der Waals surface area contributed by atoms with Gasteiger partial charge in [-0.3, -0.25) is 0 Å². The van der Waals surface area contributed by atoms with Gasteiger partial charge in [-0.25, -0.2) is 0 Å².